The van der Waals surface area contributed by atoms with Crippen molar-refractivity contribution in [2.45, 2.75) is 65.2 Å². The van der Waals surface area contributed by atoms with Gasteiger partial charge < -0.3 is 9.33 Å². The van der Waals surface area contributed by atoms with E-state index in [1.807, 2.05) is 35.2 Å². The van der Waals surface area contributed by atoms with Crippen LogP contribution in [0.25, 0.3) is 0 Å². The Morgan fingerprint density at radius 2 is 1.84 bits per heavy atom. The Labute approximate surface area is 154 Å². The molecule has 0 aromatic heterocycles. The molecule has 138 valence electrons. The van der Waals surface area contributed by atoms with Crippen molar-refractivity contribution in [2.24, 2.45) is 0 Å². The molecule has 0 unspecified atom stereocenters. The predicted octanol–water partition coefficient (Wildman–Crippen LogP) is 4.84. The summed E-state index contributed by atoms with van der Waals surface area (Å²) in [7, 11) is -1.81. The van der Waals surface area contributed by atoms with Gasteiger partial charge in [-0.25, -0.2) is 0 Å². The smallest absolute Gasteiger partial charge is 0.298 e. The average molecular weight is 360 g/mol. The summed E-state index contributed by atoms with van der Waals surface area (Å²) in [5.74, 6) is 5.58. The largest absolute Gasteiger partial charge is 0.406 e. The molecule has 0 saturated carbocycles. The fraction of sp³-hybridized carbons (Fsp3) is 0.571. The summed E-state index contributed by atoms with van der Waals surface area (Å²) < 4.78 is 6.02. The molecular formula is C21H33NO2Si. The Morgan fingerprint density at radius 1 is 1.20 bits per heavy atom. The van der Waals surface area contributed by atoms with Crippen molar-refractivity contribution in [3.8, 4) is 11.8 Å². The van der Waals surface area contributed by atoms with E-state index >= 15 is 0 Å². The van der Waals surface area contributed by atoms with Crippen LogP contribution in [0.5, 0.6) is 0 Å². The molecule has 0 saturated heterocycles. The highest BCUT2D eigenvalue weighted by Gasteiger charge is 2.36. The lowest BCUT2D eigenvalue weighted by Crippen LogP contribution is -2.40. The predicted molar refractivity (Wildman–Crippen MR) is 108 cm³/mol. The van der Waals surface area contributed by atoms with E-state index < -0.39 is 8.32 Å². The van der Waals surface area contributed by atoms with Crippen LogP contribution in [0.2, 0.25) is 18.1 Å². The topological polar surface area (TPSA) is 29.5 Å². The molecule has 0 atom stereocenters. The second-order valence-electron chi connectivity index (χ2n) is 7.92. The third kappa shape index (κ3) is 7.46. The van der Waals surface area contributed by atoms with Gasteiger partial charge in [-0.15, -0.1) is 0 Å². The molecule has 0 aliphatic carbocycles. The summed E-state index contributed by atoms with van der Waals surface area (Å²) >= 11 is 0. The standard InChI is InChI=1S/C21H33NO2Si/c1-7-8-16-22(18-19-13-10-9-11-14-19)20(23)15-12-17-24-25(5,6)21(2,3)4/h9-11,13-14H,7-8,16-18H2,1-6H3. The number of carbonyl (C=O) groups excluding carboxylic acids is 1. The molecule has 4 heteroatoms. The third-order valence-corrected chi connectivity index (χ3v) is 9.27. The second kappa shape index (κ2) is 9.79. The summed E-state index contributed by atoms with van der Waals surface area (Å²) in [5, 5.41) is 0.152. The number of nitrogens with zero attached hydrogens (tertiary/aromatic N) is 1. The minimum Gasteiger partial charge on any atom is -0.406 e. The maximum absolute atomic E-state index is 12.5. The van der Waals surface area contributed by atoms with Crippen LogP contribution in [0.15, 0.2) is 30.3 Å². The van der Waals surface area contributed by atoms with Crippen LogP contribution in [-0.2, 0) is 15.8 Å². The van der Waals surface area contributed by atoms with Crippen LogP contribution in [0.1, 0.15) is 46.1 Å². The quantitative estimate of drug-likeness (QED) is 0.515. The van der Waals surface area contributed by atoms with Crippen LogP contribution >= 0.6 is 0 Å². The number of rotatable bonds is 7. The SMILES string of the molecule is CCCCN(Cc1ccccc1)C(=O)C#CCO[Si](C)(C)C(C)(C)C. The summed E-state index contributed by atoms with van der Waals surface area (Å²) in [6, 6.07) is 10.1. The maximum atomic E-state index is 12.5. The first-order valence-electron chi connectivity index (χ1n) is 9.13. The van der Waals surface area contributed by atoms with Crippen LogP contribution in [-0.4, -0.2) is 32.3 Å². The monoisotopic (exact) mass is 359 g/mol. The zero-order chi connectivity index (χ0) is 18.9. The van der Waals surface area contributed by atoms with Crippen LogP contribution in [0.4, 0.5) is 0 Å². The summed E-state index contributed by atoms with van der Waals surface area (Å²) in [6.45, 7) is 14.8. The van der Waals surface area contributed by atoms with E-state index in [-0.39, 0.29) is 10.9 Å². The van der Waals surface area contributed by atoms with Gasteiger partial charge in [-0.05, 0) is 36.0 Å². The molecule has 0 N–H and O–H groups in total. The number of unbranched alkanes of at least 4 members (excludes halogenated alkanes) is 1. The van der Waals surface area contributed by atoms with Crippen LogP contribution < -0.4 is 0 Å². The molecule has 0 spiro atoms. The number of benzene rings is 1. The molecule has 1 amide bonds. The Bertz CT molecular complexity index is 594. The first-order chi connectivity index (χ1) is 11.7. The fourth-order valence-electron chi connectivity index (χ4n) is 2.03. The first kappa shape index (κ1) is 21.5. The Balaban J connectivity index is 2.67. The van der Waals surface area contributed by atoms with E-state index in [0.717, 1.165) is 24.9 Å². The zero-order valence-electron chi connectivity index (χ0n) is 16.7. The molecular weight excluding hydrogens is 326 g/mol. The van der Waals surface area contributed by atoms with Crippen molar-refractivity contribution in [1.82, 2.24) is 4.90 Å². The highest BCUT2D eigenvalue weighted by atomic mass is 28.4. The van der Waals surface area contributed by atoms with Crippen molar-refractivity contribution in [2.75, 3.05) is 13.2 Å². The lowest BCUT2D eigenvalue weighted by Gasteiger charge is -2.35. The average Bonchev–Trinajstić information content (AvgIpc) is 2.55. The van der Waals surface area contributed by atoms with E-state index in [4.69, 9.17) is 4.43 Å². The van der Waals surface area contributed by atoms with E-state index in [0.29, 0.717) is 13.2 Å². The van der Waals surface area contributed by atoms with Crippen LogP contribution in [0, 0.1) is 11.8 Å². The number of amides is 1. The van der Waals surface area contributed by atoms with E-state index in [1.54, 1.807) is 0 Å². The first-order valence-corrected chi connectivity index (χ1v) is 12.0. The lowest BCUT2D eigenvalue weighted by atomic mass is 10.2. The molecule has 0 fully saturated rings. The van der Waals surface area contributed by atoms with Gasteiger partial charge in [0.25, 0.3) is 5.91 Å². The van der Waals surface area contributed by atoms with Crippen molar-refractivity contribution in [1.29, 1.82) is 0 Å². The van der Waals surface area contributed by atoms with Crippen molar-refractivity contribution in [3.63, 3.8) is 0 Å². The van der Waals surface area contributed by atoms with E-state index in [9.17, 15) is 4.79 Å². The lowest BCUT2D eigenvalue weighted by molar-refractivity contribution is -0.125. The molecule has 25 heavy (non-hydrogen) atoms. The number of hydrogen-bond acceptors (Lipinski definition) is 2. The van der Waals surface area contributed by atoms with E-state index in [2.05, 4.69) is 52.6 Å². The normalized spacial score (nSPS) is 11.6. The Kier molecular flexibility index (Phi) is 8.41. The highest BCUT2D eigenvalue weighted by Crippen LogP contribution is 2.36. The molecule has 0 radical (unpaired) electrons. The van der Waals surface area contributed by atoms with Crippen molar-refractivity contribution >= 4 is 14.2 Å². The summed E-state index contributed by atoms with van der Waals surface area (Å²) in [5.41, 5.74) is 1.13. The second-order valence-corrected chi connectivity index (χ2v) is 12.7. The molecule has 0 aliphatic rings. The Hall–Kier alpha value is -1.57. The molecule has 3 nitrogen and oxygen atoms in total. The Morgan fingerprint density at radius 3 is 2.40 bits per heavy atom. The van der Waals surface area contributed by atoms with Gasteiger partial charge in [0.1, 0.15) is 0 Å². The number of hydrogen-bond donors (Lipinski definition) is 0. The maximum Gasteiger partial charge on any atom is 0.298 e. The van der Waals surface area contributed by atoms with Gasteiger partial charge in [0, 0.05) is 13.1 Å². The van der Waals surface area contributed by atoms with Gasteiger partial charge in [-0.2, -0.15) is 0 Å². The molecule has 1 aromatic rings. The van der Waals surface area contributed by atoms with Gasteiger partial charge in [0.2, 0.25) is 0 Å². The summed E-state index contributed by atoms with van der Waals surface area (Å²) in [4.78, 5) is 14.3. The molecule has 0 heterocycles. The van der Waals surface area contributed by atoms with Gasteiger partial charge in [-0.1, -0.05) is 70.4 Å². The fourth-order valence-corrected chi connectivity index (χ4v) is 2.89. The number of carbonyl (C=O) groups is 1. The zero-order valence-corrected chi connectivity index (χ0v) is 17.7. The van der Waals surface area contributed by atoms with Gasteiger partial charge >= 0.3 is 0 Å². The van der Waals surface area contributed by atoms with Crippen molar-refractivity contribution in [3.05, 3.63) is 35.9 Å². The minimum absolute atomic E-state index is 0.115. The van der Waals surface area contributed by atoms with Gasteiger partial charge in [0.15, 0.2) is 8.32 Å². The molecule has 1 rings (SSSR count). The van der Waals surface area contributed by atoms with Crippen molar-refractivity contribution < 1.29 is 9.22 Å². The third-order valence-electron chi connectivity index (χ3n) is 4.79. The molecule has 0 bridgehead atoms. The van der Waals surface area contributed by atoms with Gasteiger partial charge in [-0.3, -0.25) is 4.79 Å². The summed E-state index contributed by atoms with van der Waals surface area (Å²) in [6.07, 6.45) is 2.04. The molecule has 1 aromatic carbocycles. The van der Waals surface area contributed by atoms with E-state index in [1.165, 1.54) is 0 Å². The van der Waals surface area contributed by atoms with Gasteiger partial charge in [0.05, 0.1) is 6.61 Å². The van der Waals surface area contributed by atoms with Crippen LogP contribution in [0.3, 0.4) is 0 Å². The highest BCUT2D eigenvalue weighted by molar-refractivity contribution is 6.74. The minimum atomic E-state index is -1.81. The molecule has 0 aliphatic heterocycles.